The second-order valence-corrected chi connectivity index (χ2v) is 6.52. The molecule has 1 saturated heterocycles. The lowest BCUT2D eigenvalue weighted by Gasteiger charge is -2.32. The molecule has 1 aromatic carbocycles. The van der Waals surface area contributed by atoms with Crippen molar-refractivity contribution in [2.75, 3.05) is 13.1 Å². The number of carbonyl (C=O) groups is 1. The van der Waals surface area contributed by atoms with E-state index in [0.717, 1.165) is 37.9 Å². The molecule has 0 N–H and O–H groups in total. The smallest absolute Gasteiger partial charge is 0.291 e. The molecular formula is C20H20N4O. The van der Waals surface area contributed by atoms with Gasteiger partial charge in [0, 0.05) is 37.1 Å². The maximum absolute atomic E-state index is 12.6. The van der Waals surface area contributed by atoms with Crippen LogP contribution in [0, 0.1) is 5.92 Å². The van der Waals surface area contributed by atoms with Crippen LogP contribution < -0.4 is 0 Å². The van der Waals surface area contributed by atoms with Gasteiger partial charge in [-0.1, -0.05) is 18.2 Å². The number of hydrogen-bond donors (Lipinski definition) is 0. The SMILES string of the molecule is O=C(c1ncccn1)N1CCC[C@H](Cc2ccnc3ccccc23)C1. The van der Waals surface area contributed by atoms with Gasteiger partial charge in [0.15, 0.2) is 0 Å². The second kappa shape index (κ2) is 6.97. The summed E-state index contributed by atoms with van der Waals surface area (Å²) in [6.07, 6.45) is 8.22. The van der Waals surface area contributed by atoms with E-state index in [1.165, 1.54) is 10.9 Å². The van der Waals surface area contributed by atoms with Crippen molar-refractivity contribution in [3.05, 3.63) is 66.4 Å². The first-order chi connectivity index (χ1) is 12.3. The lowest BCUT2D eigenvalue weighted by atomic mass is 9.90. The Balaban J connectivity index is 1.51. The van der Waals surface area contributed by atoms with E-state index in [0.29, 0.717) is 5.92 Å². The molecule has 5 heteroatoms. The van der Waals surface area contributed by atoms with Crippen molar-refractivity contribution in [3.8, 4) is 0 Å². The molecule has 1 fully saturated rings. The standard InChI is InChI=1S/C20H20N4O/c25-20(19-22-9-4-10-23-19)24-12-3-5-15(14-24)13-16-8-11-21-18-7-2-1-6-17(16)18/h1-2,4,6-11,15H,3,5,12-14H2/t15-/m1/s1. The van der Waals surface area contributed by atoms with E-state index in [1.54, 1.807) is 18.5 Å². The third-order valence-electron chi connectivity index (χ3n) is 4.81. The molecular weight excluding hydrogens is 312 g/mol. The van der Waals surface area contributed by atoms with Crippen LogP contribution >= 0.6 is 0 Å². The average Bonchev–Trinajstić information content (AvgIpc) is 2.69. The summed E-state index contributed by atoms with van der Waals surface area (Å²) in [5.41, 5.74) is 2.34. The van der Waals surface area contributed by atoms with Crippen molar-refractivity contribution < 1.29 is 4.79 Å². The van der Waals surface area contributed by atoms with Crippen LogP contribution in [0.15, 0.2) is 55.0 Å². The fourth-order valence-electron chi connectivity index (χ4n) is 3.61. The quantitative estimate of drug-likeness (QED) is 0.739. The van der Waals surface area contributed by atoms with Gasteiger partial charge in [0.25, 0.3) is 5.91 Å². The molecule has 3 heterocycles. The fourth-order valence-corrected chi connectivity index (χ4v) is 3.61. The molecule has 25 heavy (non-hydrogen) atoms. The van der Waals surface area contributed by atoms with E-state index < -0.39 is 0 Å². The molecule has 0 spiro atoms. The summed E-state index contributed by atoms with van der Waals surface area (Å²) in [6.45, 7) is 1.54. The van der Waals surface area contributed by atoms with Crippen LogP contribution in [-0.4, -0.2) is 38.8 Å². The normalized spacial score (nSPS) is 17.6. The monoisotopic (exact) mass is 332 g/mol. The minimum absolute atomic E-state index is 0.0649. The summed E-state index contributed by atoms with van der Waals surface area (Å²) in [6, 6.07) is 12.1. The van der Waals surface area contributed by atoms with Gasteiger partial charge in [-0.15, -0.1) is 0 Å². The van der Waals surface area contributed by atoms with Gasteiger partial charge in [0.2, 0.25) is 5.82 Å². The maximum atomic E-state index is 12.6. The van der Waals surface area contributed by atoms with Crippen LogP contribution in [-0.2, 0) is 6.42 Å². The molecule has 2 aromatic heterocycles. The Labute approximate surface area is 146 Å². The predicted octanol–water partition coefficient (Wildman–Crippen LogP) is 3.12. The third kappa shape index (κ3) is 3.36. The van der Waals surface area contributed by atoms with Crippen LogP contribution in [0.25, 0.3) is 10.9 Å². The van der Waals surface area contributed by atoms with E-state index in [9.17, 15) is 4.79 Å². The van der Waals surface area contributed by atoms with Crippen molar-refractivity contribution in [1.82, 2.24) is 19.9 Å². The van der Waals surface area contributed by atoms with Crippen LogP contribution in [0.3, 0.4) is 0 Å². The van der Waals surface area contributed by atoms with Gasteiger partial charge in [-0.3, -0.25) is 9.78 Å². The Hall–Kier alpha value is -2.82. The maximum Gasteiger partial charge on any atom is 0.291 e. The predicted molar refractivity (Wildman–Crippen MR) is 96.1 cm³/mol. The van der Waals surface area contributed by atoms with Crippen molar-refractivity contribution in [1.29, 1.82) is 0 Å². The van der Waals surface area contributed by atoms with E-state index in [1.807, 2.05) is 23.2 Å². The molecule has 0 radical (unpaired) electrons. The van der Waals surface area contributed by atoms with E-state index >= 15 is 0 Å². The number of pyridine rings is 1. The first kappa shape index (κ1) is 15.7. The highest BCUT2D eigenvalue weighted by atomic mass is 16.2. The highest BCUT2D eigenvalue weighted by Crippen LogP contribution is 2.25. The zero-order chi connectivity index (χ0) is 17.1. The molecule has 126 valence electrons. The Morgan fingerprint density at radius 3 is 2.76 bits per heavy atom. The molecule has 4 rings (SSSR count). The van der Waals surface area contributed by atoms with Gasteiger partial charge < -0.3 is 4.90 Å². The number of hydrogen-bond acceptors (Lipinski definition) is 4. The van der Waals surface area contributed by atoms with Gasteiger partial charge in [0.05, 0.1) is 5.52 Å². The lowest BCUT2D eigenvalue weighted by molar-refractivity contribution is 0.0661. The minimum Gasteiger partial charge on any atom is -0.336 e. The van der Waals surface area contributed by atoms with Crippen molar-refractivity contribution >= 4 is 16.8 Å². The first-order valence-electron chi connectivity index (χ1n) is 8.70. The molecule has 0 bridgehead atoms. The third-order valence-corrected chi connectivity index (χ3v) is 4.81. The number of carbonyl (C=O) groups excluding carboxylic acids is 1. The zero-order valence-corrected chi connectivity index (χ0v) is 14.0. The molecule has 3 aromatic rings. The molecule has 0 saturated carbocycles. The van der Waals surface area contributed by atoms with Gasteiger partial charge in [0.1, 0.15) is 0 Å². The van der Waals surface area contributed by atoms with E-state index in [2.05, 4.69) is 33.2 Å². The summed E-state index contributed by atoms with van der Waals surface area (Å²) < 4.78 is 0. The first-order valence-corrected chi connectivity index (χ1v) is 8.70. The Kier molecular flexibility index (Phi) is 4.37. The summed E-state index contributed by atoms with van der Waals surface area (Å²) in [7, 11) is 0. The number of nitrogens with zero attached hydrogens (tertiary/aromatic N) is 4. The van der Waals surface area contributed by atoms with E-state index in [4.69, 9.17) is 0 Å². The average molecular weight is 332 g/mol. The number of benzene rings is 1. The van der Waals surface area contributed by atoms with Crippen LogP contribution in [0.5, 0.6) is 0 Å². The largest absolute Gasteiger partial charge is 0.336 e. The van der Waals surface area contributed by atoms with Gasteiger partial charge in [-0.2, -0.15) is 0 Å². The molecule has 1 aliphatic rings. The molecule has 0 aliphatic carbocycles. The number of amides is 1. The van der Waals surface area contributed by atoms with Gasteiger partial charge in [-0.25, -0.2) is 9.97 Å². The van der Waals surface area contributed by atoms with Gasteiger partial charge >= 0.3 is 0 Å². The van der Waals surface area contributed by atoms with Gasteiger partial charge in [-0.05, 0) is 48.9 Å². The number of rotatable bonds is 3. The number of piperidine rings is 1. The van der Waals surface area contributed by atoms with Crippen LogP contribution in [0.2, 0.25) is 0 Å². The topological polar surface area (TPSA) is 59.0 Å². The number of fused-ring (bicyclic) bond motifs is 1. The number of likely N-dealkylation sites (tertiary alicyclic amines) is 1. The summed E-state index contributed by atoms with van der Waals surface area (Å²) in [5, 5.41) is 1.21. The fraction of sp³-hybridized carbons (Fsp3) is 0.300. The van der Waals surface area contributed by atoms with Crippen molar-refractivity contribution in [2.45, 2.75) is 19.3 Å². The van der Waals surface area contributed by atoms with Crippen molar-refractivity contribution in [3.63, 3.8) is 0 Å². The van der Waals surface area contributed by atoms with Crippen LogP contribution in [0.4, 0.5) is 0 Å². The van der Waals surface area contributed by atoms with E-state index in [-0.39, 0.29) is 11.7 Å². The minimum atomic E-state index is -0.0649. The Bertz CT molecular complexity index is 876. The molecule has 1 atom stereocenters. The Morgan fingerprint density at radius 2 is 1.88 bits per heavy atom. The molecule has 1 amide bonds. The molecule has 0 unspecified atom stereocenters. The molecule has 1 aliphatic heterocycles. The Morgan fingerprint density at radius 1 is 1.04 bits per heavy atom. The number of para-hydroxylation sites is 1. The zero-order valence-electron chi connectivity index (χ0n) is 14.0. The van der Waals surface area contributed by atoms with Crippen molar-refractivity contribution in [2.24, 2.45) is 5.92 Å². The molecule has 5 nitrogen and oxygen atoms in total. The summed E-state index contributed by atoms with van der Waals surface area (Å²) in [4.78, 5) is 27.1. The lowest BCUT2D eigenvalue weighted by Crippen LogP contribution is -2.41. The van der Waals surface area contributed by atoms with Crippen LogP contribution in [0.1, 0.15) is 29.0 Å². The summed E-state index contributed by atoms with van der Waals surface area (Å²) in [5.74, 6) is 0.676. The number of aromatic nitrogens is 3. The summed E-state index contributed by atoms with van der Waals surface area (Å²) >= 11 is 0. The highest BCUT2D eigenvalue weighted by Gasteiger charge is 2.26. The highest BCUT2D eigenvalue weighted by molar-refractivity contribution is 5.90. The second-order valence-electron chi connectivity index (χ2n) is 6.52.